The molecule has 148 valence electrons. The molecule has 7 nitrogen and oxygen atoms in total. The standard InChI is InChI=1S/C22H20N2O5/c25-19-11-16-6-3-4-8-18(16)22(28)24(19)13-21(27)29-14-20(26)23-10-9-15-5-1-2-7-17(15)12-23/h1-8H,9-14H2. The van der Waals surface area contributed by atoms with Crippen LogP contribution in [-0.4, -0.2) is 53.2 Å². The lowest BCUT2D eigenvalue weighted by molar-refractivity contribution is -0.154. The van der Waals surface area contributed by atoms with Crippen LogP contribution in [0.3, 0.4) is 0 Å². The Balaban J connectivity index is 1.32. The van der Waals surface area contributed by atoms with Crippen molar-refractivity contribution in [2.75, 3.05) is 19.7 Å². The maximum Gasteiger partial charge on any atom is 0.326 e. The lowest BCUT2D eigenvalue weighted by atomic mass is 9.98. The van der Waals surface area contributed by atoms with Gasteiger partial charge in [-0.1, -0.05) is 42.5 Å². The first-order valence-electron chi connectivity index (χ1n) is 9.45. The van der Waals surface area contributed by atoms with E-state index in [9.17, 15) is 19.2 Å². The summed E-state index contributed by atoms with van der Waals surface area (Å²) in [4.78, 5) is 51.8. The number of carbonyl (C=O) groups is 4. The number of carbonyl (C=O) groups excluding carboxylic acids is 4. The van der Waals surface area contributed by atoms with Gasteiger partial charge in [-0.15, -0.1) is 0 Å². The van der Waals surface area contributed by atoms with Crippen LogP contribution in [0.15, 0.2) is 48.5 Å². The number of fused-ring (bicyclic) bond motifs is 2. The first-order valence-corrected chi connectivity index (χ1v) is 9.45. The summed E-state index contributed by atoms with van der Waals surface area (Å²) in [6, 6.07) is 14.7. The number of hydrogen-bond acceptors (Lipinski definition) is 5. The molecule has 0 atom stereocenters. The number of nitrogens with zero attached hydrogens (tertiary/aromatic N) is 2. The van der Waals surface area contributed by atoms with E-state index < -0.39 is 30.9 Å². The van der Waals surface area contributed by atoms with E-state index >= 15 is 0 Å². The van der Waals surface area contributed by atoms with Crippen LogP contribution in [0.1, 0.15) is 27.0 Å². The average molecular weight is 392 g/mol. The van der Waals surface area contributed by atoms with Crippen molar-refractivity contribution < 1.29 is 23.9 Å². The fourth-order valence-electron chi connectivity index (χ4n) is 3.68. The number of rotatable bonds is 4. The van der Waals surface area contributed by atoms with E-state index in [1.165, 1.54) is 5.56 Å². The molecule has 0 bridgehead atoms. The second kappa shape index (κ2) is 7.87. The van der Waals surface area contributed by atoms with Crippen molar-refractivity contribution in [1.29, 1.82) is 0 Å². The molecule has 2 aromatic rings. The minimum absolute atomic E-state index is 0.0569. The number of ether oxygens (including phenoxy) is 1. The van der Waals surface area contributed by atoms with Crippen LogP contribution in [0, 0.1) is 0 Å². The summed E-state index contributed by atoms with van der Waals surface area (Å²) in [5, 5.41) is 0. The maximum absolute atomic E-state index is 12.5. The molecular weight excluding hydrogens is 372 g/mol. The van der Waals surface area contributed by atoms with Gasteiger partial charge in [-0.2, -0.15) is 0 Å². The van der Waals surface area contributed by atoms with Crippen LogP contribution in [-0.2, 0) is 38.5 Å². The molecule has 0 spiro atoms. The van der Waals surface area contributed by atoms with E-state index in [2.05, 4.69) is 0 Å². The number of esters is 1. The van der Waals surface area contributed by atoms with Crippen LogP contribution in [0.2, 0.25) is 0 Å². The molecule has 0 saturated carbocycles. The third-order valence-corrected chi connectivity index (χ3v) is 5.26. The highest BCUT2D eigenvalue weighted by molar-refractivity contribution is 6.11. The van der Waals surface area contributed by atoms with Crippen molar-refractivity contribution in [2.45, 2.75) is 19.4 Å². The molecule has 0 N–H and O–H groups in total. The second-order valence-electron chi connectivity index (χ2n) is 7.11. The largest absolute Gasteiger partial charge is 0.454 e. The van der Waals surface area contributed by atoms with E-state index in [1.54, 1.807) is 29.2 Å². The predicted octanol–water partition coefficient (Wildman–Crippen LogP) is 1.34. The molecule has 0 aromatic heterocycles. The molecule has 0 fully saturated rings. The van der Waals surface area contributed by atoms with Crippen molar-refractivity contribution in [3.8, 4) is 0 Å². The Hall–Kier alpha value is -3.48. The molecular formula is C22H20N2O5. The fourth-order valence-corrected chi connectivity index (χ4v) is 3.68. The van der Waals surface area contributed by atoms with Gasteiger partial charge >= 0.3 is 5.97 Å². The minimum Gasteiger partial charge on any atom is -0.454 e. The Morgan fingerprint density at radius 3 is 2.41 bits per heavy atom. The molecule has 29 heavy (non-hydrogen) atoms. The quantitative estimate of drug-likeness (QED) is 0.579. The molecule has 4 rings (SSSR count). The summed E-state index contributed by atoms with van der Waals surface area (Å²) in [5.41, 5.74) is 3.35. The lowest BCUT2D eigenvalue weighted by Gasteiger charge is -2.29. The van der Waals surface area contributed by atoms with Gasteiger partial charge in [-0.05, 0) is 29.2 Å². The first-order chi connectivity index (χ1) is 14.0. The monoisotopic (exact) mass is 392 g/mol. The number of amides is 3. The van der Waals surface area contributed by atoms with Crippen molar-refractivity contribution in [3.05, 3.63) is 70.8 Å². The Bertz CT molecular complexity index is 1000. The van der Waals surface area contributed by atoms with Crippen molar-refractivity contribution in [1.82, 2.24) is 9.80 Å². The zero-order chi connectivity index (χ0) is 20.4. The van der Waals surface area contributed by atoms with Crippen LogP contribution < -0.4 is 0 Å². The molecule has 2 aliphatic heterocycles. The van der Waals surface area contributed by atoms with Crippen molar-refractivity contribution in [2.24, 2.45) is 0 Å². The highest BCUT2D eigenvalue weighted by Crippen LogP contribution is 2.20. The van der Waals surface area contributed by atoms with Gasteiger partial charge in [0.15, 0.2) is 6.61 Å². The highest BCUT2D eigenvalue weighted by Gasteiger charge is 2.32. The summed E-state index contributed by atoms with van der Waals surface area (Å²) >= 11 is 0. The molecule has 7 heteroatoms. The Labute approximate surface area is 167 Å². The fraction of sp³-hybridized carbons (Fsp3) is 0.273. The maximum atomic E-state index is 12.5. The van der Waals surface area contributed by atoms with E-state index in [0.717, 1.165) is 16.9 Å². The minimum atomic E-state index is -0.781. The number of imide groups is 1. The van der Waals surface area contributed by atoms with Gasteiger partial charge in [-0.3, -0.25) is 24.1 Å². The van der Waals surface area contributed by atoms with Crippen molar-refractivity contribution >= 4 is 23.7 Å². The Morgan fingerprint density at radius 2 is 1.62 bits per heavy atom. The van der Waals surface area contributed by atoms with Gasteiger partial charge in [0, 0.05) is 18.7 Å². The zero-order valence-corrected chi connectivity index (χ0v) is 15.8. The van der Waals surface area contributed by atoms with E-state index in [0.29, 0.717) is 24.2 Å². The van der Waals surface area contributed by atoms with Crippen LogP contribution in [0.4, 0.5) is 0 Å². The predicted molar refractivity (Wildman–Crippen MR) is 103 cm³/mol. The molecule has 0 aliphatic carbocycles. The van der Waals surface area contributed by atoms with Crippen LogP contribution in [0.5, 0.6) is 0 Å². The van der Waals surface area contributed by atoms with Gasteiger partial charge in [0.2, 0.25) is 5.91 Å². The normalized spacial score (nSPS) is 15.6. The Morgan fingerprint density at radius 1 is 0.931 bits per heavy atom. The van der Waals surface area contributed by atoms with E-state index in [-0.39, 0.29) is 12.3 Å². The number of hydrogen-bond donors (Lipinski definition) is 0. The number of benzene rings is 2. The Kier molecular flexibility index (Phi) is 5.12. The molecule has 2 heterocycles. The topological polar surface area (TPSA) is 84.0 Å². The summed E-state index contributed by atoms with van der Waals surface area (Å²) in [5.74, 6) is -2.05. The molecule has 3 amide bonds. The molecule has 0 radical (unpaired) electrons. The smallest absolute Gasteiger partial charge is 0.326 e. The van der Waals surface area contributed by atoms with Gasteiger partial charge in [0.1, 0.15) is 6.54 Å². The van der Waals surface area contributed by atoms with Crippen LogP contribution >= 0.6 is 0 Å². The third-order valence-electron chi connectivity index (χ3n) is 5.26. The SMILES string of the molecule is O=C(CN1C(=O)Cc2ccccc2C1=O)OCC(=O)N1CCc2ccccc2C1. The molecule has 2 aliphatic rings. The van der Waals surface area contributed by atoms with Gasteiger partial charge in [0.05, 0.1) is 6.42 Å². The summed E-state index contributed by atoms with van der Waals surface area (Å²) in [6.07, 6.45) is 0.813. The average Bonchev–Trinajstić information content (AvgIpc) is 2.74. The highest BCUT2D eigenvalue weighted by atomic mass is 16.5. The third kappa shape index (κ3) is 3.89. The molecule has 0 unspecified atom stereocenters. The zero-order valence-electron chi connectivity index (χ0n) is 15.8. The lowest BCUT2D eigenvalue weighted by Crippen LogP contribution is -2.46. The summed E-state index contributed by atoms with van der Waals surface area (Å²) < 4.78 is 5.06. The van der Waals surface area contributed by atoms with Gasteiger partial charge in [0.25, 0.3) is 11.8 Å². The van der Waals surface area contributed by atoms with Gasteiger partial charge in [-0.25, -0.2) is 0 Å². The molecule has 2 aromatic carbocycles. The summed E-state index contributed by atoms with van der Waals surface area (Å²) in [6.45, 7) is 0.135. The molecule has 0 saturated heterocycles. The first kappa shape index (κ1) is 18.9. The van der Waals surface area contributed by atoms with E-state index in [1.807, 2.05) is 24.3 Å². The van der Waals surface area contributed by atoms with E-state index in [4.69, 9.17) is 4.74 Å². The van der Waals surface area contributed by atoms with Gasteiger partial charge < -0.3 is 9.64 Å². The second-order valence-corrected chi connectivity index (χ2v) is 7.11. The van der Waals surface area contributed by atoms with Crippen LogP contribution in [0.25, 0.3) is 0 Å². The van der Waals surface area contributed by atoms with Crippen molar-refractivity contribution in [3.63, 3.8) is 0 Å². The summed E-state index contributed by atoms with van der Waals surface area (Å²) in [7, 11) is 0.